The third-order valence-electron chi connectivity index (χ3n) is 4.44. The standard InChI is InChI=1S/C19H20N8O/c1-4-26-18-16(17(21)25-19(26)22)24-15(11(2)23-18)10-27(12(3)28)14-7-5-13(9-20)6-8-14/h5-8H,4,10H2,1-3H3,(H3,21,22,25). The molecule has 28 heavy (non-hydrogen) atoms. The molecule has 0 saturated heterocycles. The fourth-order valence-electron chi connectivity index (χ4n) is 2.93. The van der Waals surface area contributed by atoms with Gasteiger partial charge in [0, 0.05) is 19.2 Å². The lowest BCUT2D eigenvalue weighted by Crippen LogP contribution is -2.30. The number of nitrogens with zero attached hydrogens (tertiary/aromatic N) is 6. The first-order valence-electron chi connectivity index (χ1n) is 8.72. The highest BCUT2D eigenvalue weighted by molar-refractivity contribution is 5.91. The zero-order valence-corrected chi connectivity index (χ0v) is 15.9. The summed E-state index contributed by atoms with van der Waals surface area (Å²) in [5, 5.41) is 16.9. The van der Waals surface area contributed by atoms with Crippen molar-refractivity contribution in [2.24, 2.45) is 0 Å². The molecule has 1 aromatic carbocycles. The number of hydrogen-bond acceptors (Lipinski definition) is 7. The zero-order chi connectivity index (χ0) is 20.4. The number of carbonyl (C=O) groups is 1. The maximum atomic E-state index is 12.2. The van der Waals surface area contributed by atoms with Gasteiger partial charge in [0.25, 0.3) is 0 Å². The van der Waals surface area contributed by atoms with E-state index >= 15 is 0 Å². The Morgan fingerprint density at radius 3 is 2.54 bits per heavy atom. The molecule has 2 heterocycles. The second kappa shape index (κ2) is 7.44. The molecule has 1 amide bonds. The van der Waals surface area contributed by atoms with Crippen LogP contribution in [0.15, 0.2) is 24.3 Å². The highest BCUT2D eigenvalue weighted by Crippen LogP contribution is 2.21. The lowest BCUT2D eigenvalue weighted by molar-refractivity contribution is -0.116. The van der Waals surface area contributed by atoms with Gasteiger partial charge in [-0.05, 0) is 38.1 Å². The van der Waals surface area contributed by atoms with Crippen molar-refractivity contribution in [3.63, 3.8) is 0 Å². The largest absolute Gasteiger partial charge is 0.382 e. The van der Waals surface area contributed by atoms with Gasteiger partial charge in [0.15, 0.2) is 11.5 Å². The maximum Gasteiger partial charge on any atom is 0.225 e. The molecular formula is C19H20N8O. The van der Waals surface area contributed by atoms with Gasteiger partial charge in [-0.1, -0.05) is 0 Å². The molecule has 142 valence electrons. The van der Waals surface area contributed by atoms with E-state index in [4.69, 9.17) is 16.4 Å². The Balaban J connectivity index is 2.09. The molecule has 0 atom stereocenters. The van der Waals surface area contributed by atoms with Gasteiger partial charge in [0.05, 0.1) is 29.6 Å². The summed E-state index contributed by atoms with van der Waals surface area (Å²) in [5.41, 5.74) is 9.29. The first kappa shape index (κ1) is 19.0. The van der Waals surface area contributed by atoms with Crippen LogP contribution in [0.4, 0.5) is 11.5 Å². The van der Waals surface area contributed by atoms with Gasteiger partial charge in [0.1, 0.15) is 5.52 Å². The molecule has 0 spiro atoms. The molecule has 0 radical (unpaired) electrons. The minimum absolute atomic E-state index is 0.0249. The van der Waals surface area contributed by atoms with E-state index in [0.29, 0.717) is 40.3 Å². The summed E-state index contributed by atoms with van der Waals surface area (Å²) in [4.78, 5) is 27.0. The van der Waals surface area contributed by atoms with E-state index < -0.39 is 0 Å². The number of aryl methyl sites for hydroxylation is 2. The second-order valence-corrected chi connectivity index (χ2v) is 6.26. The molecule has 3 rings (SSSR count). The van der Waals surface area contributed by atoms with E-state index in [1.165, 1.54) is 6.92 Å². The first-order chi connectivity index (χ1) is 13.3. The van der Waals surface area contributed by atoms with E-state index in [-0.39, 0.29) is 23.9 Å². The predicted octanol–water partition coefficient (Wildman–Crippen LogP) is 1.64. The zero-order valence-electron chi connectivity index (χ0n) is 15.9. The van der Waals surface area contributed by atoms with Crippen molar-refractivity contribution in [1.29, 1.82) is 10.7 Å². The van der Waals surface area contributed by atoms with Gasteiger partial charge < -0.3 is 10.6 Å². The van der Waals surface area contributed by atoms with E-state index in [1.54, 1.807) is 40.7 Å². The molecule has 0 bridgehead atoms. The van der Waals surface area contributed by atoms with Crippen LogP contribution in [-0.4, -0.2) is 25.4 Å². The Morgan fingerprint density at radius 2 is 1.96 bits per heavy atom. The van der Waals surface area contributed by atoms with Gasteiger partial charge in [0.2, 0.25) is 11.5 Å². The van der Waals surface area contributed by atoms with Gasteiger partial charge >= 0.3 is 0 Å². The summed E-state index contributed by atoms with van der Waals surface area (Å²) in [6, 6.07) is 8.81. The number of nitrogens with one attached hydrogen (secondary N) is 1. The third-order valence-corrected chi connectivity index (χ3v) is 4.44. The van der Waals surface area contributed by atoms with Crippen LogP contribution in [0.3, 0.4) is 0 Å². The smallest absolute Gasteiger partial charge is 0.225 e. The summed E-state index contributed by atoms with van der Waals surface area (Å²) in [7, 11) is 0. The first-order valence-corrected chi connectivity index (χ1v) is 8.72. The summed E-state index contributed by atoms with van der Waals surface area (Å²) in [5.74, 6) is -0.0339. The number of rotatable bonds is 4. The van der Waals surface area contributed by atoms with E-state index in [9.17, 15) is 4.79 Å². The van der Waals surface area contributed by atoms with Gasteiger partial charge in [-0.25, -0.2) is 9.97 Å². The number of nitriles is 1. The van der Waals surface area contributed by atoms with Crippen molar-refractivity contribution < 1.29 is 4.79 Å². The van der Waals surface area contributed by atoms with Gasteiger partial charge in [-0.3, -0.25) is 14.8 Å². The molecule has 3 aromatic rings. The molecule has 0 aliphatic carbocycles. The number of hydrogen-bond donors (Lipinski definition) is 2. The Kier molecular flexibility index (Phi) is 5.04. The van der Waals surface area contributed by atoms with Crippen molar-refractivity contribution in [3.05, 3.63) is 46.8 Å². The van der Waals surface area contributed by atoms with Crippen LogP contribution < -0.4 is 16.3 Å². The number of fused-ring (bicyclic) bond motifs is 1. The van der Waals surface area contributed by atoms with E-state index in [1.807, 2.05) is 6.92 Å². The third kappa shape index (κ3) is 3.40. The van der Waals surface area contributed by atoms with E-state index in [0.717, 1.165) is 0 Å². The van der Waals surface area contributed by atoms with Crippen LogP contribution in [0.5, 0.6) is 0 Å². The fraction of sp³-hybridized carbons (Fsp3) is 0.263. The Bertz CT molecular complexity index is 1160. The summed E-state index contributed by atoms with van der Waals surface area (Å²) < 4.78 is 1.62. The highest BCUT2D eigenvalue weighted by atomic mass is 16.2. The number of amides is 1. The molecule has 9 nitrogen and oxygen atoms in total. The van der Waals surface area contributed by atoms with Crippen molar-refractivity contribution in [2.75, 3.05) is 10.6 Å². The van der Waals surface area contributed by atoms with Crippen LogP contribution >= 0.6 is 0 Å². The second-order valence-electron chi connectivity index (χ2n) is 6.26. The van der Waals surface area contributed by atoms with Crippen LogP contribution in [0.1, 0.15) is 30.8 Å². The van der Waals surface area contributed by atoms with Crippen LogP contribution in [0.2, 0.25) is 0 Å². The number of aromatic nitrogens is 4. The molecule has 3 N–H and O–H groups in total. The average Bonchev–Trinajstić information content (AvgIpc) is 2.67. The number of nitrogens with two attached hydrogens (primary N) is 1. The topological polar surface area (TPSA) is 138 Å². The van der Waals surface area contributed by atoms with Gasteiger partial charge in [-0.2, -0.15) is 10.2 Å². The predicted molar refractivity (Wildman–Crippen MR) is 104 cm³/mol. The monoisotopic (exact) mass is 376 g/mol. The molecule has 0 saturated carbocycles. The number of anilines is 2. The quantitative estimate of drug-likeness (QED) is 0.710. The summed E-state index contributed by atoms with van der Waals surface area (Å²) in [6.45, 7) is 5.88. The lowest BCUT2D eigenvalue weighted by Gasteiger charge is -2.22. The minimum Gasteiger partial charge on any atom is -0.382 e. The average molecular weight is 376 g/mol. The Morgan fingerprint density at radius 1 is 1.29 bits per heavy atom. The maximum absolute atomic E-state index is 12.2. The van der Waals surface area contributed by atoms with Crippen LogP contribution in [0.25, 0.3) is 11.2 Å². The fourth-order valence-corrected chi connectivity index (χ4v) is 2.93. The minimum atomic E-state index is -0.165. The van der Waals surface area contributed by atoms with Crippen LogP contribution in [-0.2, 0) is 17.9 Å². The molecule has 2 aromatic heterocycles. The number of carbonyl (C=O) groups excluding carboxylic acids is 1. The van der Waals surface area contributed by atoms with Crippen molar-refractivity contribution >= 4 is 28.6 Å². The Labute approximate surface area is 161 Å². The van der Waals surface area contributed by atoms with Crippen molar-refractivity contribution in [2.45, 2.75) is 33.9 Å². The van der Waals surface area contributed by atoms with Crippen LogP contribution in [0, 0.1) is 23.7 Å². The molecule has 0 aliphatic heterocycles. The summed E-state index contributed by atoms with van der Waals surface area (Å²) >= 11 is 0. The molecule has 9 heteroatoms. The number of nitrogen functional groups attached to an aromatic ring is 1. The highest BCUT2D eigenvalue weighted by Gasteiger charge is 2.18. The van der Waals surface area contributed by atoms with Crippen molar-refractivity contribution in [1.82, 2.24) is 19.5 Å². The molecule has 0 unspecified atom stereocenters. The van der Waals surface area contributed by atoms with Gasteiger partial charge in [-0.15, -0.1) is 0 Å². The Hall–Kier alpha value is -3.80. The van der Waals surface area contributed by atoms with Crippen molar-refractivity contribution in [3.8, 4) is 6.07 Å². The molecular weight excluding hydrogens is 356 g/mol. The lowest BCUT2D eigenvalue weighted by atomic mass is 10.2. The molecule has 0 fully saturated rings. The SMILES string of the molecule is CCn1c(=N)nc(N)c2nc(CN(C(C)=O)c3ccc(C#N)cc3)c(C)nc21. The molecule has 0 aliphatic rings. The summed E-state index contributed by atoms with van der Waals surface area (Å²) in [6.07, 6.45) is 0. The normalized spacial score (nSPS) is 10.6. The number of benzene rings is 1. The van der Waals surface area contributed by atoms with E-state index in [2.05, 4.69) is 21.0 Å².